The van der Waals surface area contributed by atoms with E-state index in [1.54, 1.807) is 20.3 Å². The van der Waals surface area contributed by atoms with E-state index in [9.17, 15) is 4.79 Å². The third kappa shape index (κ3) is 3.48. The largest absolute Gasteiger partial charge is 0.497 e. The number of benzene rings is 2. The molecule has 0 spiro atoms. The van der Waals surface area contributed by atoms with Gasteiger partial charge in [-0.05, 0) is 48.0 Å². The Morgan fingerprint density at radius 2 is 1.42 bits per heavy atom. The van der Waals surface area contributed by atoms with Gasteiger partial charge < -0.3 is 15.2 Å². The Hall–Kier alpha value is -3.05. The van der Waals surface area contributed by atoms with Gasteiger partial charge in [-0.15, -0.1) is 0 Å². The van der Waals surface area contributed by atoms with E-state index in [1.165, 1.54) is 0 Å². The van der Waals surface area contributed by atoms with Crippen molar-refractivity contribution in [3.05, 3.63) is 65.3 Å². The first kappa shape index (κ1) is 17.8. The SMILES string of the molecule is COc1ccc(-c2cc(C(N)=O)c(Cl)nc2-c2ccc(OC)cc2)cc1. The molecule has 1 heterocycles. The van der Waals surface area contributed by atoms with Crippen molar-refractivity contribution in [2.45, 2.75) is 0 Å². The molecule has 26 heavy (non-hydrogen) atoms. The van der Waals surface area contributed by atoms with Gasteiger partial charge in [-0.3, -0.25) is 4.79 Å². The number of primary amides is 1. The Morgan fingerprint density at radius 3 is 1.88 bits per heavy atom. The van der Waals surface area contributed by atoms with Gasteiger partial charge in [0.1, 0.15) is 16.7 Å². The summed E-state index contributed by atoms with van der Waals surface area (Å²) < 4.78 is 10.4. The average Bonchev–Trinajstić information content (AvgIpc) is 2.67. The summed E-state index contributed by atoms with van der Waals surface area (Å²) in [6.07, 6.45) is 0. The minimum atomic E-state index is -0.626. The quantitative estimate of drug-likeness (QED) is 0.685. The van der Waals surface area contributed by atoms with Gasteiger partial charge >= 0.3 is 0 Å². The average molecular weight is 369 g/mol. The molecule has 3 aromatic rings. The minimum Gasteiger partial charge on any atom is -0.497 e. The Kier molecular flexibility index (Phi) is 5.09. The number of ether oxygens (including phenoxy) is 2. The summed E-state index contributed by atoms with van der Waals surface area (Å²) in [5.74, 6) is 0.843. The summed E-state index contributed by atoms with van der Waals surface area (Å²) in [5, 5.41) is 0.0700. The zero-order chi connectivity index (χ0) is 18.7. The van der Waals surface area contributed by atoms with Crippen LogP contribution in [0, 0.1) is 0 Å². The molecule has 2 aromatic carbocycles. The van der Waals surface area contributed by atoms with Crippen molar-refractivity contribution in [3.63, 3.8) is 0 Å². The second-order valence-corrected chi connectivity index (χ2v) is 5.90. The van der Waals surface area contributed by atoms with Crippen LogP contribution in [0.25, 0.3) is 22.4 Å². The molecule has 6 heteroatoms. The van der Waals surface area contributed by atoms with Crippen LogP contribution >= 0.6 is 11.6 Å². The fourth-order valence-electron chi connectivity index (χ4n) is 2.62. The predicted molar refractivity (Wildman–Crippen MR) is 102 cm³/mol. The third-order valence-corrected chi connectivity index (χ3v) is 4.29. The molecular weight excluding hydrogens is 352 g/mol. The van der Waals surface area contributed by atoms with Gasteiger partial charge in [0, 0.05) is 11.1 Å². The monoisotopic (exact) mass is 368 g/mol. The first-order chi connectivity index (χ1) is 12.5. The predicted octanol–water partition coefficient (Wildman–Crippen LogP) is 4.19. The van der Waals surface area contributed by atoms with Gasteiger partial charge in [-0.1, -0.05) is 23.7 Å². The van der Waals surface area contributed by atoms with Crippen LogP contribution in [-0.2, 0) is 0 Å². The number of aromatic nitrogens is 1. The van der Waals surface area contributed by atoms with Crippen molar-refractivity contribution in [2.24, 2.45) is 5.73 Å². The molecule has 0 aliphatic rings. The molecule has 0 aliphatic heterocycles. The van der Waals surface area contributed by atoms with Crippen LogP contribution < -0.4 is 15.2 Å². The highest BCUT2D eigenvalue weighted by atomic mass is 35.5. The van der Waals surface area contributed by atoms with Crippen LogP contribution in [0.3, 0.4) is 0 Å². The number of carbonyl (C=O) groups is 1. The summed E-state index contributed by atoms with van der Waals surface area (Å²) in [5.41, 5.74) is 8.71. The van der Waals surface area contributed by atoms with Gasteiger partial charge in [0.2, 0.25) is 0 Å². The van der Waals surface area contributed by atoms with Crippen molar-refractivity contribution in [1.82, 2.24) is 4.98 Å². The Balaban J connectivity index is 2.20. The summed E-state index contributed by atoms with van der Waals surface area (Å²) in [6, 6.07) is 16.6. The van der Waals surface area contributed by atoms with Crippen LogP contribution in [0.1, 0.15) is 10.4 Å². The van der Waals surface area contributed by atoms with Crippen molar-refractivity contribution in [2.75, 3.05) is 14.2 Å². The second-order valence-electron chi connectivity index (χ2n) is 5.54. The lowest BCUT2D eigenvalue weighted by atomic mass is 9.97. The first-order valence-corrected chi connectivity index (χ1v) is 8.20. The number of carbonyl (C=O) groups excluding carboxylic acids is 1. The molecule has 1 aromatic heterocycles. The van der Waals surface area contributed by atoms with E-state index in [1.807, 2.05) is 48.5 Å². The number of halogens is 1. The molecule has 3 rings (SSSR count). The summed E-state index contributed by atoms with van der Waals surface area (Å²) in [6.45, 7) is 0. The Morgan fingerprint density at radius 1 is 0.923 bits per heavy atom. The van der Waals surface area contributed by atoms with Gasteiger partial charge in [0.15, 0.2) is 0 Å². The van der Waals surface area contributed by atoms with Crippen LogP contribution in [0.5, 0.6) is 11.5 Å². The number of nitrogens with zero attached hydrogens (tertiary/aromatic N) is 1. The zero-order valence-corrected chi connectivity index (χ0v) is 15.1. The number of hydrogen-bond acceptors (Lipinski definition) is 4. The maximum Gasteiger partial charge on any atom is 0.251 e. The maximum atomic E-state index is 11.7. The number of rotatable bonds is 5. The van der Waals surface area contributed by atoms with Gasteiger partial charge in [-0.2, -0.15) is 0 Å². The molecule has 1 amide bonds. The van der Waals surface area contributed by atoms with E-state index < -0.39 is 5.91 Å². The van der Waals surface area contributed by atoms with Crippen molar-refractivity contribution in [3.8, 4) is 33.9 Å². The first-order valence-electron chi connectivity index (χ1n) is 7.82. The molecule has 5 nitrogen and oxygen atoms in total. The standard InChI is InChI=1S/C20H17ClN2O3/c1-25-14-7-3-12(4-8-14)16-11-17(20(22)24)19(21)23-18(16)13-5-9-15(26-2)10-6-13/h3-11H,1-2H3,(H2,22,24). The van der Waals surface area contributed by atoms with E-state index in [0.717, 1.165) is 28.2 Å². The Labute approximate surface area is 156 Å². The summed E-state index contributed by atoms with van der Waals surface area (Å²) in [7, 11) is 3.21. The van der Waals surface area contributed by atoms with E-state index in [2.05, 4.69) is 4.98 Å². The highest BCUT2D eigenvalue weighted by Gasteiger charge is 2.17. The molecule has 0 saturated carbocycles. The molecule has 2 N–H and O–H groups in total. The molecule has 0 atom stereocenters. The fraction of sp³-hybridized carbons (Fsp3) is 0.100. The van der Waals surface area contributed by atoms with Crippen LogP contribution in [0.4, 0.5) is 0 Å². The molecule has 0 bridgehead atoms. The van der Waals surface area contributed by atoms with Crippen molar-refractivity contribution >= 4 is 17.5 Å². The lowest BCUT2D eigenvalue weighted by molar-refractivity contribution is 0.1000. The molecule has 0 fully saturated rings. The van der Waals surface area contributed by atoms with E-state index in [4.69, 9.17) is 26.8 Å². The lowest BCUT2D eigenvalue weighted by Gasteiger charge is -2.13. The molecule has 0 saturated heterocycles. The Bertz CT molecular complexity index is 939. The number of nitrogens with two attached hydrogens (primary N) is 1. The topological polar surface area (TPSA) is 74.4 Å². The molecule has 0 unspecified atom stereocenters. The van der Waals surface area contributed by atoms with Crippen LogP contribution in [-0.4, -0.2) is 25.1 Å². The van der Waals surface area contributed by atoms with Gasteiger partial charge in [0.25, 0.3) is 5.91 Å². The molecule has 0 radical (unpaired) electrons. The van der Waals surface area contributed by atoms with Gasteiger partial charge in [0.05, 0.1) is 25.5 Å². The smallest absolute Gasteiger partial charge is 0.251 e. The van der Waals surface area contributed by atoms with Crippen molar-refractivity contribution in [1.29, 1.82) is 0 Å². The number of amides is 1. The van der Waals surface area contributed by atoms with Crippen LogP contribution in [0.15, 0.2) is 54.6 Å². The summed E-state index contributed by atoms with van der Waals surface area (Å²) in [4.78, 5) is 16.1. The van der Waals surface area contributed by atoms with E-state index >= 15 is 0 Å². The summed E-state index contributed by atoms with van der Waals surface area (Å²) >= 11 is 6.18. The second kappa shape index (κ2) is 7.45. The number of hydrogen-bond donors (Lipinski definition) is 1. The van der Waals surface area contributed by atoms with Gasteiger partial charge in [-0.25, -0.2) is 4.98 Å². The lowest BCUT2D eigenvalue weighted by Crippen LogP contribution is -2.13. The normalized spacial score (nSPS) is 10.4. The van der Waals surface area contributed by atoms with E-state index in [0.29, 0.717) is 5.69 Å². The molecular formula is C20H17ClN2O3. The third-order valence-electron chi connectivity index (χ3n) is 4.01. The fourth-order valence-corrected chi connectivity index (χ4v) is 2.86. The highest BCUT2D eigenvalue weighted by molar-refractivity contribution is 6.33. The molecule has 132 valence electrons. The molecule has 0 aliphatic carbocycles. The number of methoxy groups -OCH3 is 2. The minimum absolute atomic E-state index is 0.0700. The number of pyridine rings is 1. The highest BCUT2D eigenvalue weighted by Crippen LogP contribution is 2.35. The van der Waals surface area contributed by atoms with Crippen molar-refractivity contribution < 1.29 is 14.3 Å². The van der Waals surface area contributed by atoms with E-state index in [-0.39, 0.29) is 10.7 Å². The maximum absolute atomic E-state index is 11.7. The zero-order valence-electron chi connectivity index (χ0n) is 14.3. The van der Waals surface area contributed by atoms with Crippen LogP contribution in [0.2, 0.25) is 5.15 Å².